The van der Waals surface area contributed by atoms with Gasteiger partial charge in [-0.3, -0.25) is 4.79 Å². The highest BCUT2D eigenvalue weighted by molar-refractivity contribution is 5.77. The highest BCUT2D eigenvalue weighted by Gasteiger charge is 2.15. The molecule has 0 amide bonds. The van der Waals surface area contributed by atoms with Gasteiger partial charge in [-0.25, -0.2) is 0 Å². The Bertz CT molecular complexity index is 299. The Balaban J connectivity index is 2.57. The molecule has 0 N–H and O–H groups in total. The summed E-state index contributed by atoms with van der Waals surface area (Å²) in [5.41, 5.74) is 3.32. The van der Waals surface area contributed by atoms with Crippen LogP contribution in [-0.2, 0) is 13.0 Å². The second-order valence-corrected chi connectivity index (χ2v) is 3.05. The monoisotopic (exact) mass is 149 g/mol. The Morgan fingerprint density at radius 1 is 1.64 bits per heavy atom. The molecule has 0 saturated heterocycles. The summed E-state index contributed by atoms with van der Waals surface area (Å²) in [7, 11) is 0. The second kappa shape index (κ2) is 2.22. The molecule has 1 aliphatic rings. The van der Waals surface area contributed by atoms with Crippen LogP contribution >= 0.6 is 0 Å². The molecule has 1 aliphatic heterocycles. The quantitative estimate of drug-likeness (QED) is 0.555. The molecule has 58 valence electrons. The third kappa shape index (κ3) is 0.821. The van der Waals surface area contributed by atoms with Crippen molar-refractivity contribution in [2.75, 3.05) is 0 Å². The maximum atomic E-state index is 10.5. The first-order valence-corrected chi connectivity index (χ1v) is 3.97. The van der Waals surface area contributed by atoms with E-state index in [0.717, 1.165) is 30.5 Å². The molecule has 0 spiro atoms. The van der Waals surface area contributed by atoms with Gasteiger partial charge in [-0.1, -0.05) is 0 Å². The van der Waals surface area contributed by atoms with Gasteiger partial charge in [-0.15, -0.1) is 0 Å². The van der Waals surface area contributed by atoms with Gasteiger partial charge in [0.1, 0.15) is 0 Å². The van der Waals surface area contributed by atoms with E-state index in [0.29, 0.717) is 0 Å². The number of rotatable bonds is 1. The van der Waals surface area contributed by atoms with Gasteiger partial charge in [0.05, 0.1) is 0 Å². The van der Waals surface area contributed by atoms with Crippen molar-refractivity contribution in [1.29, 1.82) is 0 Å². The van der Waals surface area contributed by atoms with Crippen molar-refractivity contribution in [3.63, 3.8) is 0 Å². The molecule has 0 atom stereocenters. The standard InChI is InChI=1S/C9H11NO/c1-7-8(6-11)5-9-3-2-4-10(7)9/h5-6H,2-4H2,1H3. The number of hydrogen-bond donors (Lipinski definition) is 0. The molecule has 0 fully saturated rings. The van der Waals surface area contributed by atoms with Gasteiger partial charge in [0.15, 0.2) is 6.29 Å². The van der Waals surface area contributed by atoms with Crippen LogP contribution in [-0.4, -0.2) is 10.9 Å². The Hall–Kier alpha value is -1.05. The van der Waals surface area contributed by atoms with Gasteiger partial charge in [-0.05, 0) is 25.8 Å². The Morgan fingerprint density at radius 2 is 2.45 bits per heavy atom. The summed E-state index contributed by atoms with van der Waals surface area (Å²) in [5, 5.41) is 0. The average molecular weight is 149 g/mol. The van der Waals surface area contributed by atoms with Gasteiger partial charge in [0, 0.05) is 23.5 Å². The van der Waals surface area contributed by atoms with E-state index in [4.69, 9.17) is 0 Å². The van der Waals surface area contributed by atoms with Crippen LogP contribution in [0.2, 0.25) is 0 Å². The first-order valence-electron chi connectivity index (χ1n) is 3.97. The fraction of sp³-hybridized carbons (Fsp3) is 0.444. The van der Waals surface area contributed by atoms with Gasteiger partial charge < -0.3 is 4.57 Å². The predicted octanol–water partition coefficient (Wildman–Crippen LogP) is 1.56. The first-order chi connectivity index (χ1) is 5.33. The third-order valence-corrected chi connectivity index (χ3v) is 2.43. The van der Waals surface area contributed by atoms with E-state index in [1.54, 1.807) is 0 Å². The number of nitrogens with zero attached hydrogens (tertiary/aromatic N) is 1. The van der Waals surface area contributed by atoms with Crippen LogP contribution in [0.25, 0.3) is 0 Å². The van der Waals surface area contributed by atoms with E-state index >= 15 is 0 Å². The molecule has 0 aromatic carbocycles. The number of aryl methyl sites for hydroxylation is 1. The summed E-state index contributed by atoms with van der Waals surface area (Å²) in [6, 6.07) is 2.01. The highest BCUT2D eigenvalue weighted by atomic mass is 16.1. The van der Waals surface area contributed by atoms with E-state index in [-0.39, 0.29) is 0 Å². The second-order valence-electron chi connectivity index (χ2n) is 3.05. The van der Waals surface area contributed by atoms with Crippen LogP contribution in [0.5, 0.6) is 0 Å². The SMILES string of the molecule is Cc1c(C=O)cc2n1CCC2. The molecule has 2 heteroatoms. The molecule has 0 aliphatic carbocycles. The molecule has 2 nitrogen and oxygen atoms in total. The fourth-order valence-electron chi connectivity index (χ4n) is 1.79. The maximum Gasteiger partial charge on any atom is 0.151 e. The summed E-state index contributed by atoms with van der Waals surface area (Å²) in [4.78, 5) is 10.5. The van der Waals surface area contributed by atoms with Crippen LogP contribution in [0, 0.1) is 6.92 Å². The largest absolute Gasteiger partial charge is 0.348 e. The van der Waals surface area contributed by atoms with E-state index in [1.807, 2.05) is 13.0 Å². The summed E-state index contributed by atoms with van der Waals surface area (Å²) in [5.74, 6) is 0. The number of carbonyl (C=O) groups is 1. The van der Waals surface area contributed by atoms with E-state index in [9.17, 15) is 4.79 Å². The van der Waals surface area contributed by atoms with E-state index in [1.165, 1.54) is 12.1 Å². The molecule has 2 heterocycles. The van der Waals surface area contributed by atoms with Gasteiger partial charge in [0.25, 0.3) is 0 Å². The zero-order chi connectivity index (χ0) is 7.84. The lowest BCUT2D eigenvalue weighted by Crippen LogP contribution is -1.95. The minimum absolute atomic E-state index is 0.861. The zero-order valence-electron chi connectivity index (χ0n) is 6.63. The van der Waals surface area contributed by atoms with Crippen molar-refractivity contribution in [2.24, 2.45) is 0 Å². The summed E-state index contributed by atoms with van der Waals surface area (Å²) in [6.45, 7) is 3.10. The van der Waals surface area contributed by atoms with Gasteiger partial charge in [-0.2, -0.15) is 0 Å². The predicted molar refractivity (Wildman–Crippen MR) is 42.9 cm³/mol. The van der Waals surface area contributed by atoms with Crippen molar-refractivity contribution in [2.45, 2.75) is 26.3 Å². The van der Waals surface area contributed by atoms with Crippen molar-refractivity contribution < 1.29 is 4.79 Å². The summed E-state index contributed by atoms with van der Waals surface area (Å²) < 4.78 is 2.24. The molecule has 0 bridgehead atoms. The average Bonchev–Trinajstić information content (AvgIpc) is 2.53. The van der Waals surface area contributed by atoms with Crippen molar-refractivity contribution >= 4 is 6.29 Å². The number of hydrogen-bond acceptors (Lipinski definition) is 1. The lowest BCUT2D eigenvalue weighted by Gasteiger charge is -1.99. The fourth-order valence-corrected chi connectivity index (χ4v) is 1.79. The summed E-state index contributed by atoms with van der Waals surface area (Å²) in [6.07, 6.45) is 3.31. The first kappa shape index (κ1) is 6.65. The van der Waals surface area contributed by atoms with Crippen LogP contribution in [0.1, 0.15) is 28.2 Å². The maximum absolute atomic E-state index is 10.5. The van der Waals surface area contributed by atoms with Crippen molar-refractivity contribution in [1.82, 2.24) is 4.57 Å². The zero-order valence-corrected chi connectivity index (χ0v) is 6.63. The highest BCUT2D eigenvalue weighted by Crippen LogP contribution is 2.21. The van der Waals surface area contributed by atoms with Crippen molar-refractivity contribution in [3.8, 4) is 0 Å². The van der Waals surface area contributed by atoms with Gasteiger partial charge >= 0.3 is 0 Å². The number of carbonyl (C=O) groups excluding carboxylic acids is 1. The lowest BCUT2D eigenvalue weighted by molar-refractivity contribution is 0.112. The smallest absolute Gasteiger partial charge is 0.151 e. The topological polar surface area (TPSA) is 22.0 Å². The van der Waals surface area contributed by atoms with Crippen molar-refractivity contribution in [3.05, 3.63) is 23.0 Å². The lowest BCUT2D eigenvalue weighted by atomic mass is 10.2. The third-order valence-electron chi connectivity index (χ3n) is 2.43. The normalized spacial score (nSPS) is 15.0. The molecular formula is C9H11NO. The van der Waals surface area contributed by atoms with Crippen LogP contribution < -0.4 is 0 Å². The van der Waals surface area contributed by atoms with E-state index < -0.39 is 0 Å². The molecule has 2 rings (SSSR count). The number of fused-ring (bicyclic) bond motifs is 1. The minimum atomic E-state index is 0.861. The summed E-state index contributed by atoms with van der Waals surface area (Å²) >= 11 is 0. The molecule has 0 radical (unpaired) electrons. The molecule has 0 saturated carbocycles. The molecule has 0 unspecified atom stereocenters. The minimum Gasteiger partial charge on any atom is -0.348 e. The van der Waals surface area contributed by atoms with E-state index in [2.05, 4.69) is 4.57 Å². The molecule has 1 aromatic rings. The Kier molecular flexibility index (Phi) is 1.34. The van der Waals surface area contributed by atoms with Crippen LogP contribution in [0.15, 0.2) is 6.07 Å². The molecule has 1 aromatic heterocycles. The van der Waals surface area contributed by atoms with Gasteiger partial charge in [0.2, 0.25) is 0 Å². The van der Waals surface area contributed by atoms with Crippen LogP contribution in [0.4, 0.5) is 0 Å². The Morgan fingerprint density at radius 3 is 3.09 bits per heavy atom. The number of aldehydes is 1. The molecular weight excluding hydrogens is 138 g/mol. The number of aromatic nitrogens is 1. The molecule has 11 heavy (non-hydrogen) atoms. The Labute approximate surface area is 65.8 Å². The van der Waals surface area contributed by atoms with Crippen LogP contribution in [0.3, 0.4) is 0 Å².